The fraction of sp³-hybridized carbons (Fsp3) is 0. The van der Waals surface area contributed by atoms with Crippen molar-refractivity contribution in [3.8, 4) is 5.75 Å². The predicted molar refractivity (Wildman–Crippen MR) is 81.5 cm³/mol. The summed E-state index contributed by atoms with van der Waals surface area (Å²) in [6, 6.07) is 12.2. The van der Waals surface area contributed by atoms with E-state index in [4.69, 9.17) is 14.9 Å². The molecule has 2 N–H and O–H groups in total. The summed E-state index contributed by atoms with van der Waals surface area (Å²) in [6.45, 7) is 0. The molecule has 0 aliphatic rings. The number of benzene rings is 2. The number of rotatable bonds is 5. The number of carboxylic acids is 2. The molecule has 0 unspecified atom stereocenters. The second-order valence-electron chi connectivity index (χ2n) is 4.52. The lowest BCUT2D eigenvalue weighted by atomic mass is 10.1. The molecular formula is C17H12O6. The number of aromatic carboxylic acids is 2. The van der Waals surface area contributed by atoms with Crippen molar-refractivity contribution in [2.24, 2.45) is 0 Å². The standard InChI is InChI=1S/C17H12O6/c18-15(7-6-11-4-2-1-3-5-11)23-14-9-12(16(19)20)8-13(10-14)17(21)22/h1-10H,(H,19,20)(H,21,22)/b7-6+. The number of esters is 1. The van der Waals surface area contributed by atoms with E-state index in [2.05, 4.69) is 0 Å². The van der Waals surface area contributed by atoms with Crippen LogP contribution in [0.25, 0.3) is 6.08 Å². The molecule has 2 aromatic rings. The van der Waals surface area contributed by atoms with Gasteiger partial charge in [-0.15, -0.1) is 0 Å². The quantitative estimate of drug-likeness (QED) is 0.500. The van der Waals surface area contributed by atoms with Crippen LogP contribution in [-0.4, -0.2) is 28.1 Å². The third-order valence-electron chi connectivity index (χ3n) is 2.83. The topological polar surface area (TPSA) is 101 Å². The molecule has 0 aliphatic heterocycles. The minimum atomic E-state index is -1.31. The zero-order valence-electron chi connectivity index (χ0n) is 11.8. The van der Waals surface area contributed by atoms with Gasteiger partial charge in [-0.3, -0.25) is 0 Å². The molecule has 0 aromatic heterocycles. The van der Waals surface area contributed by atoms with Crippen molar-refractivity contribution in [1.82, 2.24) is 0 Å². The highest BCUT2D eigenvalue weighted by atomic mass is 16.5. The van der Waals surface area contributed by atoms with E-state index in [1.807, 2.05) is 6.07 Å². The molecule has 0 amide bonds. The SMILES string of the molecule is O=C(/C=C/c1ccccc1)Oc1cc(C(=O)O)cc(C(=O)O)c1. The summed E-state index contributed by atoms with van der Waals surface area (Å²) in [5, 5.41) is 17.9. The average Bonchev–Trinajstić information content (AvgIpc) is 2.53. The van der Waals surface area contributed by atoms with E-state index in [1.165, 1.54) is 12.2 Å². The third kappa shape index (κ3) is 4.53. The van der Waals surface area contributed by atoms with E-state index in [9.17, 15) is 14.4 Å². The largest absolute Gasteiger partial charge is 0.478 e. The normalized spacial score (nSPS) is 10.4. The Balaban J connectivity index is 2.18. The summed E-state index contributed by atoms with van der Waals surface area (Å²) in [5.74, 6) is -3.52. The molecule has 6 heteroatoms. The molecule has 116 valence electrons. The molecule has 0 bridgehead atoms. The van der Waals surface area contributed by atoms with Crippen LogP contribution in [0.3, 0.4) is 0 Å². The molecular weight excluding hydrogens is 300 g/mol. The van der Waals surface area contributed by atoms with Crippen LogP contribution in [0.4, 0.5) is 0 Å². The Kier molecular flexibility index (Phi) is 4.89. The van der Waals surface area contributed by atoms with Gasteiger partial charge in [0, 0.05) is 6.08 Å². The lowest BCUT2D eigenvalue weighted by Gasteiger charge is -2.05. The number of hydrogen-bond donors (Lipinski definition) is 2. The van der Waals surface area contributed by atoms with E-state index in [-0.39, 0.29) is 16.9 Å². The Labute approximate surface area is 131 Å². The highest BCUT2D eigenvalue weighted by Crippen LogP contribution is 2.18. The van der Waals surface area contributed by atoms with Crippen LogP contribution in [0, 0.1) is 0 Å². The van der Waals surface area contributed by atoms with Crippen LogP contribution in [-0.2, 0) is 4.79 Å². The first-order valence-electron chi connectivity index (χ1n) is 6.52. The van der Waals surface area contributed by atoms with Gasteiger partial charge in [0.05, 0.1) is 11.1 Å². The highest BCUT2D eigenvalue weighted by Gasteiger charge is 2.13. The van der Waals surface area contributed by atoms with Crippen LogP contribution >= 0.6 is 0 Å². The molecule has 6 nitrogen and oxygen atoms in total. The summed E-state index contributed by atoms with van der Waals surface area (Å²) >= 11 is 0. The van der Waals surface area contributed by atoms with Gasteiger partial charge in [-0.2, -0.15) is 0 Å². The van der Waals surface area contributed by atoms with E-state index >= 15 is 0 Å². The number of carbonyl (C=O) groups is 3. The van der Waals surface area contributed by atoms with Gasteiger partial charge in [-0.1, -0.05) is 30.3 Å². The van der Waals surface area contributed by atoms with Crippen molar-refractivity contribution in [2.45, 2.75) is 0 Å². The molecule has 2 aromatic carbocycles. The lowest BCUT2D eigenvalue weighted by Crippen LogP contribution is -2.07. The molecule has 0 atom stereocenters. The lowest BCUT2D eigenvalue weighted by molar-refractivity contribution is -0.128. The van der Waals surface area contributed by atoms with Crippen molar-refractivity contribution in [1.29, 1.82) is 0 Å². The summed E-state index contributed by atoms with van der Waals surface area (Å²) in [5.41, 5.74) is 0.231. The van der Waals surface area contributed by atoms with Crippen LogP contribution in [0.5, 0.6) is 5.75 Å². The monoisotopic (exact) mass is 312 g/mol. The number of carbonyl (C=O) groups excluding carboxylic acids is 1. The van der Waals surface area contributed by atoms with Gasteiger partial charge in [0.2, 0.25) is 0 Å². The summed E-state index contributed by atoms with van der Waals surface area (Å²) in [7, 11) is 0. The van der Waals surface area contributed by atoms with Gasteiger partial charge in [0.15, 0.2) is 0 Å². The molecule has 2 rings (SSSR count). The van der Waals surface area contributed by atoms with Gasteiger partial charge < -0.3 is 14.9 Å². The first-order chi connectivity index (χ1) is 11.0. The fourth-order valence-electron chi connectivity index (χ4n) is 1.78. The number of ether oxygens (including phenoxy) is 1. The van der Waals surface area contributed by atoms with Crippen LogP contribution in [0.2, 0.25) is 0 Å². The second-order valence-corrected chi connectivity index (χ2v) is 4.52. The van der Waals surface area contributed by atoms with Crippen molar-refractivity contribution >= 4 is 24.0 Å². The second kappa shape index (κ2) is 7.04. The van der Waals surface area contributed by atoms with Crippen LogP contribution in [0.1, 0.15) is 26.3 Å². The average molecular weight is 312 g/mol. The summed E-state index contributed by atoms with van der Waals surface area (Å²) < 4.78 is 4.97. The van der Waals surface area contributed by atoms with E-state index < -0.39 is 17.9 Å². The number of hydrogen-bond acceptors (Lipinski definition) is 4. The van der Waals surface area contributed by atoms with Crippen LogP contribution < -0.4 is 4.74 Å². The van der Waals surface area contributed by atoms with Crippen molar-refractivity contribution in [3.63, 3.8) is 0 Å². The Morgan fingerprint density at radius 2 is 1.43 bits per heavy atom. The molecule has 0 saturated carbocycles. The minimum absolute atomic E-state index is 0.148. The van der Waals surface area contributed by atoms with Crippen molar-refractivity contribution in [3.05, 3.63) is 71.3 Å². The molecule has 0 radical (unpaired) electrons. The maximum Gasteiger partial charge on any atom is 0.336 e. The maximum atomic E-state index is 11.7. The van der Waals surface area contributed by atoms with Crippen molar-refractivity contribution < 1.29 is 29.3 Å². The molecule has 0 heterocycles. The zero-order chi connectivity index (χ0) is 16.8. The Morgan fingerprint density at radius 1 is 0.870 bits per heavy atom. The molecule has 23 heavy (non-hydrogen) atoms. The first kappa shape index (κ1) is 16.0. The summed E-state index contributed by atoms with van der Waals surface area (Å²) in [6.07, 6.45) is 2.70. The van der Waals surface area contributed by atoms with E-state index in [0.717, 1.165) is 23.8 Å². The Hall–Kier alpha value is -3.41. The predicted octanol–water partition coefficient (Wildman–Crippen LogP) is 2.70. The van der Waals surface area contributed by atoms with Crippen molar-refractivity contribution in [2.75, 3.05) is 0 Å². The summed E-state index contributed by atoms with van der Waals surface area (Å²) in [4.78, 5) is 33.7. The van der Waals surface area contributed by atoms with Crippen LogP contribution in [0.15, 0.2) is 54.6 Å². The van der Waals surface area contributed by atoms with Gasteiger partial charge in [0.25, 0.3) is 0 Å². The smallest absolute Gasteiger partial charge is 0.336 e. The van der Waals surface area contributed by atoms with Gasteiger partial charge in [0.1, 0.15) is 5.75 Å². The third-order valence-corrected chi connectivity index (χ3v) is 2.83. The molecule has 0 fully saturated rings. The van der Waals surface area contributed by atoms with E-state index in [0.29, 0.717) is 0 Å². The Morgan fingerprint density at radius 3 is 1.96 bits per heavy atom. The molecule has 0 spiro atoms. The zero-order valence-corrected chi connectivity index (χ0v) is 11.8. The van der Waals surface area contributed by atoms with Gasteiger partial charge in [-0.05, 0) is 29.8 Å². The number of carboxylic acid groups (broad SMARTS) is 2. The molecule has 0 saturated heterocycles. The van der Waals surface area contributed by atoms with E-state index in [1.54, 1.807) is 24.3 Å². The fourth-order valence-corrected chi connectivity index (χ4v) is 1.78. The first-order valence-corrected chi connectivity index (χ1v) is 6.52. The minimum Gasteiger partial charge on any atom is -0.478 e. The maximum absolute atomic E-state index is 11.7. The Bertz CT molecular complexity index is 745. The van der Waals surface area contributed by atoms with Gasteiger partial charge >= 0.3 is 17.9 Å². The highest BCUT2D eigenvalue weighted by molar-refractivity contribution is 5.95. The molecule has 0 aliphatic carbocycles. The van der Waals surface area contributed by atoms with Gasteiger partial charge in [-0.25, -0.2) is 14.4 Å².